The van der Waals surface area contributed by atoms with Crippen molar-refractivity contribution in [3.05, 3.63) is 57.3 Å². The van der Waals surface area contributed by atoms with Gasteiger partial charge in [-0.15, -0.1) is 11.3 Å². The summed E-state index contributed by atoms with van der Waals surface area (Å²) in [5, 5.41) is 10.7. The molecule has 2 nitrogen and oxygen atoms in total. The first-order valence-corrected chi connectivity index (χ1v) is 7.46. The molecule has 3 heteroatoms. The molecule has 1 N–H and O–H groups in total. The van der Waals surface area contributed by atoms with Crippen LogP contribution in [0.4, 0.5) is 0 Å². The van der Waals surface area contributed by atoms with Crippen LogP contribution in [0.3, 0.4) is 0 Å². The lowest BCUT2D eigenvalue weighted by molar-refractivity contribution is 0.322. The highest BCUT2D eigenvalue weighted by atomic mass is 32.1. The van der Waals surface area contributed by atoms with Crippen LogP contribution in [0.25, 0.3) is 0 Å². The van der Waals surface area contributed by atoms with Gasteiger partial charge in [-0.05, 0) is 25.6 Å². The second-order valence-electron chi connectivity index (χ2n) is 4.92. The van der Waals surface area contributed by atoms with E-state index in [4.69, 9.17) is 5.11 Å². The summed E-state index contributed by atoms with van der Waals surface area (Å²) in [6.45, 7) is 3.89. The second kappa shape index (κ2) is 7.25. The zero-order valence-corrected chi connectivity index (χ0v) is 12.7. The first-order valence-electron chi connectivity index (χ1n) is 6.58. The average Bonchev–Trinajstić information content (AvgIpc) is 2.83. The molecule has 0 aliphatic carbocycles. The Balaban J connectivity index is 1.94. The van der Waals surface area contributed by atoms with Crippen LogP contribution in [-0.2, 0) is 13.1 Å². The van der Waals surface area contributed by atoms with Gasteiger partial charge in [0, 0.05) is 28.9 Å². The minimum atomic E-state index is -0.0849. The van der Waals surface area contributed by atoms with Gasteiger partial charge in [0.1, 0.15) is 6.61 Å². The highest BCUT2D eigenvalue weighted by Gasteiger charge is 2.04. The molecular formula is C17H19NOS. The Morgan fingerprint density at radius 3 is 2.85 bits per heavy atom. The van der Waals surface area contributed by atoms with Crippen molar-refractivity contribution in [1.29, 1.82) is 0 Å². The van der Waals surface area contributed by atoms with Gasteiger partial charge in [-0.2, -0.15) is 0 Å². The fourth-order valence-electron chi connectivity index (χ4n) is 2.11. The normalized spacial score (nSPS) is 10.4. The lowest BCUT2D eigenvalue weighted by Crippen LogP contribution is -2.16. The largest absolute Gasteiger partial charge is 0.384 e. The van der Waals surface area contributed by atoms with Gasteiger partial charge in [-0.25, -0.2) is 0 Å². The van der Waals surface area contributed by atoms with E-state index in [0.717, 1.165) is 18.7 Å². The average molecular weight is 285 g/mol. The van der Waals surface area contributed by atoms with Gasteiger partial charge < -0.3 is 5.11 Å². The van der Waals surface area contributed by atoms with Gasteiger partial charge >= 0.3 is 0 Å². The number of aryl methyl sites for hydroxylation is 1. The van der Waals surface area contributed by atoms with Crippen molar-refractivity contribution in [2.45, 2.75) is 20.0 Å². The third-order valence-electron chi connectivity index (χ3n) is 2.93. The van der Waals surface area contributed by atoms with Crippen LogP contribution in [0.2, 0.25) is 0 Å². The van der Waals surface area contributed by atoms with E-state index >= 15 is 0 Å². The van der Waals surface area contributed by atoms with Crippen molar-refractivity contribution in [2.75, 3.05) is 13.7 Å². The van der Waals surface area contributed by atoms with Gasteiger partial charge in [-0.1, -0.05) is 41.7 Å². The number of benzene rings is 1. The molecule has 1 heterocycles. The van der Waals surface area contributed by atoms with E-state index in [0.29, 0.717) is 0 Å². The summed E-state index contributed by atoms with van der Waals surface area (Å²) in [5.41, 5.74) is 3.63. The van der Waals surface area contributed by atoms with E-state index in [1.54, 1.807) is 11.3 Å². The molecule has 20 heavy (non-hydrogen) atoms. The van der Waals surface area contributed by atoms with Crippen LogP contribution in [0.15, 0.2) is 35.7 Å². The predicted octanol–water partition coefficient (Wildman–Crippen LogP) is 3.03. The fraction of sp³-hybridized carbons (Fsp3) is 0.294. The molecule has 1 aromatic heterocycles. The molecule has 0 amide bonds. The lowest BCUT2D eigenvalue weighted by atomic mass is 10.1. The zero-order valence-electron chi connectivity index (χ0n) is 11.9. The van der Waals surface area contributed by atoms with E-state index in [1.165, 1.54) is 16.0 Å². The topological polar surface area (TPSA) is 23.5 Å². The van der Waals surface area contributed by atoms with E-state index in [2.05, 4.69) is 61.0 Å². The minimum absolute atomic E-state index is 0.0849. The smallest absolute Gasteiger partial charge is 0.104 e. The standard InChI is InChI=1S/C17H19NOS/c1-14-5-3-6-15(9-14)11-18(2)12-17-10-16(13-20-17)7-4-8-19/h3,5-6,9-10,13,19H,8,11-12H2,1-2H3. The molecule has 0 saturated heterocycles. The van der Waals surface area contributed by atoms with Gasteiger partial charge in [0.25, 0.3) is 0 Å². The Morgan fingerprint density at radius 1 is 1.25 bits per heavy atom. The highest BCUT2D eigenvalue weighted by Crippen LogP contribution is 2.17. The minimum Gasteiger partial charge on any atom is -0.384 e. The van der Waals surface area contributed by atoms with Crippen molar-refractivity contribution >= 4 is 11.3 Å². The lowest BCUT2D eigenvalue weighted by Gasteiger charge is -2.15. The zero-order chi connectivity index (χ0) is 14.4. The van der Waals surface area contributed by atoms with E-state index in [1.807, 2.05) is 5.38 Å². The molecule has 104 valence electrons. The molecule has 0 aliphatic heterocycles. The number of hydrogen-bond donors (Lipinski definition) is 1. The molecule has 0 radical (unpaired) electrons. The third kappa shape index (κ3) is 4.50. The second-order valence-corrected chi connectivity index (χ2v) is 5.92. The van der Waals surface area contributed by atoms with Gasteiger partial charge in [0.15, 0.2) is 0 Å². The third-order valence-corrected chi connectivity index (χ3v) is 3.85. The summed E-state index contributed by atoms with van der Waals surface area (Å²) >= 11 is 1.72. The number of nitrogens with zero attached hydrogens (tertiary/aromatic N) is 1. The Labute approximate surface area is 124 Å². The Bertz CT molecular complexity index is 621. The Morgan fingerprint density at radius 2 is 2.10 bits per heavy atom. The molecule has 0 saturated carbocycles. The summed E-state index contributed by atoms with van der Waals surface area (Å²) in [5.74, 6) is 5.61. The molecule has 2 rings (SSSR count). The van der Waals surface area contributed by atoms with Crippen LogP contribution < -0.4 is 0 Å². The summed E-state index contributed by atoms with van der Waals surface area (Å²) in [6, 6.07) is 10.7. The van der Waals surface area contributed by atoms with Crippen molar-refractivity contribution < 1.29 is 5.11 Å². The monoisotopic (exact) mass is 285 g/mol. The molecule has 0 bridgehead atoms. The number of thiophene rings is 1. The number of aliphatic hydroxyl groups is 1. The summed E-state index contributed by atoms with van der Waals surface area (Å²) in [6.07, 6.45) is 0. The first-order chi connectivity index (χ1) is 9.67. The van der Waals surface area contributed by atoms with Gasteiger partial charge in [-0.3, -0.25) is 4.90 Å². The van der Waals surface area contributed by atoms with Crippen LogP contribution in [0, 0.1) is 18.8 Å². The van der Waals surface area contributed by atoms with E-state index < -0.39 is 0 Å². The van der Waals surface area contributed by atoms with Crippen LogP contribution in [-0.4, -0.2) is 23.7 Å². The fourth-order valence-corrected chi connectivity index (χ4v) is 3.01. The summed E-state index contributed by atoms with van der Waals surface area (Å²) in [4.78, 5) is 3.59. The highest BCUT2D eigenvalue weighted by molar-refractivity contribution is 7.10. The maximum atomic E-state index is 8.69. The van der Waals surface area contributed by atoms with E-state index in [9.17, 15) is 0 Å². The summed E-state index contributed by atoms with van der Waals surface area (Å²) in [7, 11) is 2.13. The maximum Gasteiger partial charge on any atom is 0.104 e. The van der Waals surface area contributed by atoms with Crippen molar-refractivity contribution in [3.63, 3.8) is 0 Å². The molecule has 2 aromatic rings. The van der Waals surface area contributed by atoms with Crippen LogP contribution >= 0.6 is 11.3 Å². The molecule has 0 fully saturated rings. The van der Waals surface area contributed by atoms with E-state index in [-0.39, 0.29) is 6.61 Å². The van der Waals surface area contributed by atoms with Crippen LogP contribution in [0.5, 0.6) is 0 Å². The Kier molecular flexibility index (Phi) is 5.37. The number of rotatable bonds is 4. The molecule has 0 aliphatic rings. The first kappa shape index (κ1) is 14.8. The number of hydrogen-bond acceptors (Lipinski definition) is 3. The number of aliphatic hydroxyl groups excluding tert-OH is 1. The summed E-state index contributed by atoms with van der Waals surface area (Å²) < 4.78 is 0. The molecular weight excluding hydrogens is 266 g/mol. The van der Waals surface area contributed by atoms with Gasteiger partial charge in [0.05, 0.1) is 0 Å². The van der Waals surface area contributed by atoms with Gasteiger partial charge in [0.2, 0.25) is 0 Å². The van der Waals surface area contributed by atoms with Crippen molar-refractivity contribution in [2.24, 2.45) is 0 Å². The van der Waals surface area contributed by atoms with Crippen molar-refractivity contribution in [1.82, 2.24) is 4.90 Å². The Hall–Kier alpha value is -1.60. The van der Waals surface area contributed by atoms with Crippen LogP contribution in [0.1, 0.15) is 21.6 Å². The quantitative estimate of drug-likeness (QED) is 0.873. The molecule has 1 aromatic carbocycles. The molecule has 0 unspecified atom stereocenters. The van der Waals surface area contributed by atoms with Crippen molar-refractivity contribution in [3.8, 4) is 11.8 Å². The predicted molar refractivity (Wildman–Crippen MR) is 84.6 cm³/mol. The maximum absolute atomic E-state index is 8.69. The molecule has 0 spiro atoms. The SMILES string of the molecule is Cc1cccc(CN(C)Cc2cc(C#CCO)cs2)c1. The molecule has 0 atom stereocenters.